The Hall–Kier alpha value is -1.81. The van der Waals surface area contributed by atoms with Crippen LogP contribution >= 0.6 is 11.8 Å². The van der Waals surface area contributed by atoms with Crippen LogP contribution in [0.4, 0.5) is 5.69 Å². The summed E-state index contributed by atoms with van der Waals surface area (Å²) < 4.78 is 0. The van der Waals surface area contributed by atoms with Gasteiger partial charge in [-0.3, -0.25) is 10.1 Å². The molecule has 0 heterocycles. The molecule has 0 saturated heterocycles. The normalized spacial score (nSPS) is 11.8. The van der Waals surface area contributed by atoms with Crippen LogP contribution in [0, 0.1) is 28.4 Å². The number of nitrogens with zero attached hydrogens (tertiary/aromatic N) is 1. The van der Waals surface area contributed by atoms with Gasteiger partial charge < -0.3 is 0 Å². The Kier molecular flexibility index (Phi) is 10.1. The molecule has 4 heteroatoms. The molecule has 0 N–H and O–H groups in total. The summed E-state index contributed by atoms with van der Waals surface area (Å²) in [4.78, 5) is 12.3. The number of nitro groups is 1. The van der Waals surface area contributed by atoms with E-state index in [9.17, 15) is 10.1 Å². The van der Waals surface area contributed by atoms with Crippen LogP contribution in [0.25, 0.3) is 0 Å². The molecule has 0 aliphatic rings. The van der Waals surface area contributed by atoms with Crippen LogP contribution in [0.2, 0.25) is 0 Å². The highest BCUT2D eigenvalue weighted by molar-refractivity contribution is 7.99. The second kappa shape index (κ2) is 12.3. The fourth-order valence-corrected chi connectivity index (χ4v) is 5.72. The highest BCUT2D eigenvalue weighted by Gasteiger charge is 2.33. The van der Waals surface area contributed by atoms with Crippen LogP contribution in [-0.4, -0.2) is 10.7 Å². The van der Waals surface area contributed by atoms with Crippen molar-refractivity contribution in [3.63, 3.8) is 0 Å². The Morgan fingerprint density at radius 2 is 1.61 bits per heavy atom. The van der Waals surface area contributed by atoms with Gasteiger partial charge in [-0.1, -0.05) is 83.2 Å². The molecule has 0 aromatic heterocycles. The SMILES string of the molecule is CCCCC(CCCC)(CSc1ccc([N+](=O)[O-])cc1Cc1ccc(C)cc1)C(C)C. The molecule has 2 aromatic rings. The predicted octanol–water partition coefficient (Wildman–Crippen LogP) is 8.61. The first-order valence-corrected chi connectivity index (χ1v) is 12.8. The topological polar surface area (TPSA) is 43.1 Å². The number of unbranched alkanes of at least 4 members (excludes halogenated alkanes) is 2. The minimum absolute atomic E-state index is 0.179. The van der Waals surface area contributed by atoms with Crippen molar-refractivity contribution in [2.24, 2.45) is 11.3 Å². The van der Waals surface area contributed by atoms with E-state index < -0.39 is 0 Å². The zero-order chi connectivity index (χ0) is 22.9. The Morgan fingerprint density at radius 1 is 1.00 bits per heavy atom. The second-order valence-corrected chi connectivity index (χ2v) is 10.2. The number of non-ortho nitro benzene ring substituents is 1. The Bertz CT molecular complexity index is 822. The maximum atomic E-state index is 11.4. The number of hydrogen-bond donors (Lipinski definition) is 0. The molecule has 0 aliphatic carbocycles. The highest BCUT2D eigenvalue weighted by atomic mass is 32.2. The summed E-state index contributed by atoms with van der Waals surface area (Å²) in [5.74, 6) is 1.69. The van der Waals surface area contributed by atoms with Crippen molar-refractivity contribution in [2.75, 3.05) is 5.75 Å². The summed E-state index contributed by atoms with van der Waals surface area (Å²) in [7, 11) is 0. The summed E-state index contributed by atoms with van der Waals surface area (Å²) >= 11 is 1.90. The molecule has 0 atom stereocenters. The lowest BCUT2D eigenvalue weighted by Crippen LogP contribution is -2.30. The fourth-order valence-electron chi connectivity index (χ4n) is 4.18. The van der Waals surface area contributed by atoms with Crippen molar-refractivity contribution in [1.29, 1.82) is 0 Å². The molecule has 2 aromatic carbocycles. The maximum absolute atomic E-state index is 11.4. The maximum Gasteiger partial charge on any atom is 0.269 e. The minimum atomic E-state index is -0.284. The van der Waals surface area contributed by atoms with E-state index in [0.717, 1.165) is 17.7 Å². The molecule has 0 fully saturated rings. The molecule has 2 rings (SSSR count). The van der Waals surface area contributed by atoms with Crippen molar-refractivity contribution in [1.82, 2.24) is 0 Å². The number of rotatable bonds is 13. The third-order valence-electron chi connectivity index (χ3n) is 6.57. The molecule has 0 amide bonds. The molecule has 31 heavy (non-hydrogen) atoms. The van der Waals surface area contributed by atoms with E-state index in [1.165, 1.54) is 54.5 Å². The Labute approximate surface area is 193 Å². The van der Waals surface area contributed by atoms with E-state index in [0.29, 0.717) is 11.3 Å². The van der Waals surface area contributed by atoms with E-state index in [1.807, 2.05) is 17.8 Å². The Balaban J connectivity index is 2.31. The van der Waals surface area contributed by atoms with Gasteiger partial charge in [0.25, 0.3) is 5.69 Å². The minimum Gasteiger partial charge on any atom is -0.258 e. The van der Waals surface area contributed by atoms with Gasteiger partial charge in [0, 0.05) is 22.8 Å². The van der Waals surface area contributed by atoms with E-state index in [4.69, 9.17) is 0 Å². The number of hydrogen-bond acceptors (Lipinski definition) is 3. The lowest BCUT2D eigenvalue weighted by atomic mass is 9.71. The Morgan fingerprint density at radius 3 is 2.13 bits per heavy atom. The first kappa shape index (κ1) is 25.5. The number of aryl methyl sites for hydroxylation is 1. The molecule has 0 radical (unpaired) electrons. The average molecular weight is 442 g/mol. The van der Waals surface area contributed by atoms with Crippen LogP contribution in [-0.2, 0) is 6.42 Å². The fraction of sp³-hybridized carbons (Fsp3) is 0.556. The van der Waals surface area contributed by atoms with Crippen molar-refractivity contribution < 1.29 is 4.92 Å². The zero-order valence-corrected chi connectivity index (χ0v) is 20.8. The van der Waals surface area contributed by atoms with E-state index in [1.54, 1.807) is 12.1 Å². The summed E-state index contributed by atoms with van der Waals surface area (Å²) in [5, 5.41) is 11.4. The van der Waals surface area contributed by atoms with Gasteiger partial charge in [-0.2, -0.15) is 0 Å². The van der Waals surface area contributed by atoms with Crippen molar-refractivity contribution in [3.05, 3.63) is 69.3 Å². The molecule has 0 saturated carbocycles. The quantitative estimate of drug-likeness (QED) is 0.177. The van der Waals surface area contributed by atoms with Crippen molar-refractivity contribution in [2.45, 2.75) is 84.5 Å². The van der Waals surface area contributed by atoms with Crippen LogP contribution in [0.15, 0.2) is 47.4 Å². The van der Waals surface area contributed by atoms with Crippen LogP contribution in [0.3, 0.4) is 0 Å². The standard InChI is InChI=1S/C27H39NO2S/c1-6-8-16-27(21(3)4,17-9-7-2)20-31-26-15-14-25(28(29)30)19-24(26)18-23-12-10-22(5)11-13-23/h10-15,19,21H,6-9,16-18,20H2,1-5H3. The van der Waals surface area contributed by atoms with Crippen molar-refractivity contribution in [3.8, 4) is 0 Å². The average Bonchev–Trinajstić information content (AvgIpc) is 2.75. The van der Waals surface area contributed by atoms with Gasteiger partial charge in [0.2, 0.25) is 0 Å². The lowest BCUT2D eigenvalue weighted by molar-refractivity contribution is -0.385. The van der Waals surface area contributed by atoms with Crippen molar-refractivity contribution >= 4 is 17.4 Å². The van der Waals surface area contributed by atoms with E-state index in [2.05, 4.69) is 58.9 Å². The molecule has 3 nitrogen and oxygen atoms in total. The molecule has 170 valence electrons. The van der Waals surface area contributed by atoms with Crippen LogP contribution in [0.5, 0.6) is 0 Å². The predicted molar refractivity (Wildman–Crippen MR) is 134 cm³/mol. The molecule has 0 spiro atoms. The van der Waals surface area contributed by atoms with Gasteiger partial charge in [0.1, 0.15) is 0 Å². The zero-order valence-electron chi connectivity index (χ0n) is 19.9. The summed E-state index contributed by atoms with van der Waals surface area (Å²) in [6, 6.07) is 13.9. The second-order valence-electron chi connectivity index (χ2n) is 9.22. The van der Waals surface area contributed by atoms with Crippen LogP contribution in [0.1, 0.15) is 82.9 Å². The molecule has 0 aliphatic heterocycles. The van der Waals surface area contributed by atoms with Gasteiger partial charge in [-0.25, -0.2) is 0 Å². The highest BCUT2D eigenvalue weighted by Crippen LogP contribution is 2.44. The first-order valence-electron chi connectivity index (χ1n) is 11.8. The molecule has 0 unspecified atom stereocenters. The van der Waals surface area contributed by atoms with Gasteiger partial charge in [0.15, 0.2) is 0 Å². The summed E-state index contributed by atoms with van der Waals surface area (Å²) in [5.41, 5.74) is 3.98. The molecule has 0 bridgehead atoms. The largest absolute Gasteiger partial charge is 0.269 e. The summed E-state index contributed by atoms with van der Waals surface area (Å²) in [6.45, 7) is 11.4. The monoisotopic (exact) mass is 441 g/mol. The number of nitro benzene ring substituents is 1. The summed E-state index contributed by atoms with van der Waals surface area (Å²) in [6.07, 6.45) is 8.21. The van der Waals surface area contributed by atoms with Gasteiger partial charge in [-0.05, 0) is 54.7 Å². The van der Waals surface area contributed by atoms with Gasteiger partial charge in [0.05, 0.1) is 4.92 Å². The van der Waals surface area contributed by atoms with Gasteiger partial charge >= 0.3 is 0 Å². The smallest absolute Gasteiger partial charge is 0.258 e. The molecular formula is C27H39NO2S. The van der Waals surface area contributed by atoms with E-state index >= 15 is 0 Å². The molecular weight excluding hydrogens is 402 g/mol. The third kappa shape index (κ3) is 7.38. The van der Waals surface area contributed by atoms with Gasteiger partial charge in [-0.15, -0.1) is 11.8 Å². The number of benzene rings is 2. The first-order chi connectivity index (χ1) is 14.8. The number of thioether (sulfide) groups is 1. The van der Waals surface area contributed by atoms with Crippen LogP contribution < -0.4 is 0 Å². The van der Waals surface area contributed by atoms with E-state index in [-0.39, 0.29) is 10.6 Å². The third-order valence-corrected chi connectivity index (χ3v) is 7.99. The lowest BCUT2D eigenvalue weighted by Gasteiger charge is -2.38.